The Hall–Kier alpha value is -0.370. The standard InChI is InChI=1S/C12H18BrNO4S/c1-8-3-2-4-9(8)6-14-19(16,17)11-5-10(7-15)18-12(11)13/h5,8-9,14-15H,2-4,6-7H2,1H3. The van der Waals surface area contributed by atoms with Gasteiger partial charge >= 0.3 is 0 Å². The van der Waals surface area contributed by atoms with E-state index in [-0.39, 0.29) is 21.9 Å². The van der Waals surface area contributed by atoms with Crippen molar-refractivity contribution in [3.8, 4) is 0 Å². The minimum atomic E-state index is -3.59. The minimum Gasteiger partial charge on any atom is -0.450 e. The molecule has 1 fully saturated rings. The second kappa shape index (κ2) is 5.95. The lowest BCUT2D eigenvalue weighted by Gasteiger charge is -2.15. The Morgan fingerprint density at radius 1 is 1.53 bits per heavy atom. The monoisotopic (exact) mass is 351 g/mol. The maximum atomic E-state index is 12.2. The molecule has 0 amide bonds. The number of sulfonamides is 1. The summed E-state index contributed by atoms with van der Waals surface area (Å²) in [5.41, 5.74) is 0. The number of nitrogens with one attached hydrogen (secondary N) is 1. The molecule has 7 heteroatoms. The van der Waals surface area contributed by atoms with E-state index in [4.69, 9.17) is 9.52 Å². The van der Waals surface area contributed by atoms with Crippen molar-refractivity contribution in [1.82, 2.24) is 4.72 Å². The number of furan rings is 1. The predicted octanol–water partition coefficient (Wildman–Crippen LogP) is 2.25. The van der Waals surface area contributed by atoms with Gasteiger partial charge in [0.05, 0.1) is 0 Å². The Morgan fingerprint density at radius 3 is 2.79 bits per heavy atom. The van der Waals surface area contributed by atoms with Gasteiger partial charge < -0.3 is 9.52 Å². The SMILES string of the molecule is CC1CCCC1CNS(=O)(=O)c1cc(CO)oc1Br. The van der Waals surface area contributed by atoms with E-state index in [0.717, 1.165) is 19.3 Å². The average Bonchev–Trinajstić information content (AvgIpc) is 2.93. The Balaban J connectivity index is 2.07. The van der Waals surface area contributed by atoms with Crippen LogP contribution in [0, 0.1) is 11.8 Å². The van der Waals surface area contributed by atoms with E-state index < -0.39 is 10.0 Å². The van der Waals surface area contributed by atoms with E-state index in [1.165, 1.54) is 6.07 Å². The second-order valence-electron chi connectivity index (χ2n) is 5.03. The molecule has 2 atom stereocenters. The second-order valence-corrected chi connectivity index (χ2v) is 7.48. The van der Waals surface area contributed by atoms with Gasteiger partial charge in [-0.25, -0.2) is 13.1 Å². The van der Waals surface area contributed by atoms with Crippen LogP contribution in [0.2, 0.25) is 0 Å². The first-order chi connectivity index (χ1) is 8.94. The molecular formula is C12H18BrNO4S. The fourth-order valence-electron chi connectivity index (χ4n) is 2.48. The van der Waals surface area contributed by atoms with Crippen molar-refractivity contribution in [1.29, 1.82) is 0 Å². The normalized spacial score (nSPS) is 23.9. The molecule has 19 heavy (non-hydrogen) atoms. The van der Waals surface area contributed by atoms with Crippen molar-refractivity contribution in [2.24, 2.45) is 11.8 Å². The van der Waals surface area contributed by atoms with Gasteiger partial charge in [-0.1, -0.05) is 19.8 Å². The molecule has 0 bridgehead atoms. The van der Waals surface area contributed by atoms with Crippen molar-refractivity contribution < 1.29 is 17.9 Å². The van der Waals surface area contributed by atoms with Gasteiger partial charge in [0.1, 0.15) is 17.3 Å². The van der Waals surface area contributed by atoms with Crippen LogP contribution in [0.25, 0.3) is 0 Å². The molecular weight excluding hydrogens is 334 g/mol. The smallest absolute Gasteiger partial charge is 0.244 e. The molecule has 1 aromatic heterocycles. The van der Waals surface area contributed by atoms with Crippen molar-refractivity contribution in [2.75, 3.05) is 6.54 Å². The molecule has 1 saturated carbocycles. The summed E-state index contributed by atoms with van der Waals surface area (Å²) >= 11 is 3.06. The maximum Gasteiger partial charge on any atom is 0.244 e. The lowest BCUT2D eigenvalue weighted by atomic mass is 9.99. The number of aliphatic hydroxyl groups is 1. The van der Waals surface area contributed by atoms with Gasteiger partial charge in [0.15, 0.2) is 4.67 Å². The number of halogens is 1. The number of hydrogen-bond donors (Lipinski definition) is 2. The van der Waals surface area contributed by atoms with Crippen LogP contribution in [0.15, 0.2) is 20.0 Å². The topological polar surface area (TPSA) is 79.5 Å². The molecule has 0 saturated heterocycles. The Kier molecular flexibility index (Phi) is 4.70. The van der Waals surface area contributed by atoms with Crippen LogP contribution in [-0.2, 0) is 16.6 Å². The molecule has 1 aliphatic carbocycles. The molecule has 2 unspecified atom stereocenters. The Morgan fingerprint density at radius 2 is 2.26 bits per heavy atom. The summed E-state index contributed by atoms with van der Waals surface area (Å²) in [5.74, 6) is 1.18. The Bertz CT molecular complexity index is 540. The number of rotatable bonds is 5. The lowest BCUT2D eigenvalue weighted by Crippen LogP contribution is -2.30. The average molecular weight is 352 g/mol. The van der Waals surface area contributed by atoms with E-state index in [0.29, 0.717) is 18.4 Å². The Labute approximate surface area is 121 Å². The zero-order valence-corrected chi connectivity index (χ0v) is 13.1. The van der Waals surface area contributed by atoms with E-state index in [2.05, 4.69) is 27.6 Å². The third-order valence-corrected chi connectivity index (χ3v) is 6.01. The fraction of sp³-hybridized carbons (Fsp3) is 0.667. The van der Waals surface area contributed by atoms with Gasteiger partial charge in [-0.3, -0.25) is 0 Å². The quantitative estimate of drug-likeness (QED) is 0.852. The van der Waals surface area contributed by atoms with Crippen molar-refractivity contribution >= 4 is 26.0 Å². The summed E-state index contributed by atoms with van der Waals surface area (Å²) < 4.78 is 32.2. The van der Waals surface area contributed by atoms with Gasteiger partial charge in [0.25, 0.3) is 0 Å². The van der Waals surface area contributed by atoms with Crippen LogP contribution in [0.3, 0.4) is 0 Å². The summed E-state index contributed by atoms with van der Waals surface area (Å²) in [4.78, 5) is 0.0437. The van der Waals surface area contributed by atoms with Crippen molar-refractivity contribution in [2.45, 2.75) is 37.7 Å². The molecule has 1 aromatic rings. The third kappa shape index (κ3) is 3.39. The van der Waals surface area contributed by atoms with Crippen LogP contribution in [-0.4, -0.2) is 20.1 Å². The highest BCUT2D eigenvalue weighted by molar-refractivity contribution is 9.10. The van der Waals surface area contributed by atoms with Crippen molar-refractivity contribution in [3.05, 3.63) is 16.5 Å². The van der Waals surface area contributed by atoms with Gasteiger partial charge in [0, 0.05) is 12.6 Å². The van der Waals surface area contributed by atoms with E-state index in [1.807, 2.05) is 0 Å². The van der Waals surface area contributed by atoms with Gasteiger partial charge in [-0.2, -0.15) is 0 Å². The zero-order valence-electron chi connectivity index (χ0n) is 10.7. The molecule has 108 valence electrons. The first-order valence-corrected chi connectivity index (χ1v) is 8.60. The highest BCUT2D eigenvalue weighted by atomic mass is 79.9. The minimum absolute atomic E-state index is 0.0437. The first-order valence-electron chi connectivity index (χ1n) is 6.32. The lowest BCUT2D eigenvalue weighted by molar-refractivity contribution is 0.245. The molecule has 0 aromatic carbocycles. The highest BCUT2D eigenvalue weighted by Crippen LogP contribution is 2.31. The molecule has 0 aliphatic heterocycles. The molecule has 0 spiro atoms. The van der Waals surface area contributed by atoms with Crippen LogP contribution in [0.5, 0.6) is 0 Å². The fourth-order valence-corrected chi connectivity index (χ4v) is 4.57. The van der Waals surface area contributed by atoms with Crippen molar-refractivity contribution in [3.63, 3.8) is 0 Å². The molecule has 0 radical (unpaired) electrons. The molecule has 2 rings (SSSR count). The number of hydrogen-bond acceptors (Lipinski definition) is 4. The van der Waals surface area contributed by atoms with Gasteiger partial charge in [-0.05, 0) is 34.2 Å². The maximum absolute atomic E-state index is 12.2. The number of aliphatic hydroxyl groups excluding tert-OH is 1. The molecule has 2 N–H and O–H groups in total. The summed E-state index contributed by atoms with van der Waals surface area (Å²) in [5, 5.41) is 8.95. The highest BCUT2D eigenvalue weighted by Gasteiger charge is 2.27. The third-order valence-electron chi connectivity index (χ3n) is 3.73. The van der Waals surface area contributed by atoms with Crippen LogP contribution < -0.4 is 4.72 Å². The predicted molar refractivity (Wildman–Crippen MR) is 74.0 cm³/mol. The zero-order chi connectivity index (χ0) is 14.0. The summed E-state index contributed by atoms with van der Waals surface area (Å²) in [6.07, 6.45) is 3.40. The van der Waals surface area contributed by atoms with Crippen LogP contribution >= 0.6 is 15.9 Å². The molecule has 5 nitrogen and oxygen atoms in total. The summed E-state index contributed by atoms with van der Waals surface area (Å²) in [6.45, 7) is 2.28. The first kappa shape index (κ1) is 15.0. The largest absolute Gasteiger partial charge is 0.450 e. The molecule has 1 aliphatic rings. The van der Waals surface area contributed by atoms with E-state index >= 15 is 0 Å². The van der Waals surface area contributed by atoms with Crippen LogP contribution in [0.1, 0.15) is 31.9 Å². The van der Waals surface area contributed by atoms with E-state index in [1.54, 1.807) is 0 Å². The summed E-state index contributed by atoms with van der Waals surface area (Å²) in [6, 6.07) is 1.34. The summed E-state index contributed by atoms with van der Waals surface area (Å²) in [7, 11) is -3.59. The van der Waals surface area contributed by atoms with Crippen LogP contribution in [0.4, 0.5) is 0 Å². The van der Waals surface area contributed by atoms with Gasteiger partial charge in [-0.15, -0.1) is 0 Å². The van der Waals surface area contributed by atoms with E-state index in [9.17, 15) is 8.42 Å². The molecule has 1 heterocycles. The van der Waals surface area contributed by atoms with Gasteiger partial charge in [0.2, 0.25) is 10.0 Å².